The Morgan fingerprint density at radius 1 is 0.921 bits per heavy atom. The van der Waals surface area contributed by atoms with Gasteiger partial charge in [-0.1, -0.05) is 24.3 Å². The van der Waals surface area contributed by atoms with Gasteiger partial charge in [0.1, 0.15) is 5.82 Å². The fourth-order valence-corrected chi connectivity index (χ4v) is 4.33. The van der Waals surface area contributed by atoms with E-state index in [0.717, 1.165) is 22.3 Å². The molecule has 0 saturated carbocycles. The molecule has 0 bridgehead atoms. The van der Waals surface area contributed by atoms with E-state index in [9.17, 15) is 23.9 Å². The quantitative estimate of drug-likeness (QED) is 0.426. The molecule has 3 aromatic carbocycles. The van der Waals surface area contributed by atoms with Gasteiger partial charge in [-0.2, -0.15) is 0 Å². The number of nitrogens with one attached hydrogen (secondary N) is 1. The minimum absolute atomic E-state index is 0.251. The van der Waals surface area contributed by atoms with E-state index in [0.29, 0.717) is 23.4 Å². The van der Waals surface area contributed by atoms with Gasteiger partial charge in [-0.3, -0.25) is 14.4 Å². The van der Waals surface area contributed by atoms with Crippen LogP contribution in [0.5, 0.6) is 0 Å². The number of rotatable bonds is 5. The number of carbonyl (C=O) groups is 3. The van der Waals surface area contributed by atoms with Crippen LogP contribution in [-0.2, 0) is 24.3 Å². The van der Waals surface area contributed by atoms with E-state index in [1.807, 2.05) is 19.9 Å². The van der Waals surface area contributed by atoms with Gasteiger partial charge in [-0.05, 0) is 92.8 Å². The molecule has 200 valence electrons. The molecule has 1 aliphatic rings. The van der Waals surface area contributed by atoms with Gasteiger partial charge in [-0.15, -0.1) is 0 Å². The first-order valence-corrected chi connectivity index (χ1v) is 12.3. The first kappa shape index (κ1) is 28.5. The number of benzene rings is 3. The zero-order chi connectivity index (χ0) is 28.2. The summed E-state index contributed by atoms with van der Waals surface area (Å²) in [5.41, 5.74) is 4.38. The third-order valence-corrected chi connectivity index (χ3v) is 6.06. The number of fused-ring (bicyclic) bond motifs is 1. The summed E-state index contributed by atoms with van der Waals surface area (Å²) < 4.78 is 13.6. The van der Waals surface area contributed by atoms with Crippen LogP contribution in [0.3, 0.4) is 0 Å². The van der Waals surface area contributed by atoms with Gasteiger partial charge < -0.3 is 20.4 Å². The predicted molar refractivity (Wildman–Crippen MR) is 144 cm³/mol. The van der Waals surface area contributed by atoms with Gasteiger partial charge in [0, 0.05) is 29.9 Å². The molecule has 0 spiro atoms. The number of halogens is 1. The molecule has 0 atom stereocenters. The second-order valence-electron chi connectivity index (χ2n) is 10.3. The summed E-state index contributed by atoms with van der Waals surface area (Å²) in [7, 11) is 0. The van der Waals surface area contributed by atoms with E-state index >= 15 is 0 Å². The van der Waals surface area contributed by atoms with Crippen molar-refractivity contribution < 1.29 is 29.0 Å². The average molecular weight is 521 g/mol. The largest absolute Gasteiger partial charge is 0.481 e. The van der Waals surface area contributed by atoms with Crippen LogP contribution in [0.15, 0.2) is 54.6 Å². The van der Waals surface area contributed by atoms with Crippen LogP contribution in [0.1, 0.15) is 69.3 Å². The van der Waals surface area contributed by atoms with Gasteiger partial charge in [0.25, 0.3) is 11.8 Å². The van der Waals surface area contributed by atoms with Crippen LogP contribution in [0.2, 0.25) is 0 Å². The highest BCUT2D eigenvalue weighted by atomic mass is 19.1. The Bertz CT molecular complexity index is 1360. The van der Waals surface area contributed by atoms with Gasteiger partial charge in [0.2, 0.25) is 0 Å². The maximum Gasteiger partial charge on any atom is 0.307 e. The van der Waals surface area contributed by atoms with Crippen LogP contribution in [0.4, 0.5) is 10.1 Å². The van der Waals surface area contributed by atoms with Gasteiger partial charge in [0.05, 0.1) is 12.0 Å². The second-order valence-corrected chi connectivity index (χ2v) is 10.3. The molecule has 0 aliphatic carbocycles. The Morgan fingerprint density at radius 2 is 1.47 bits per heavy atom. The number of aliphatic hydroxyl groups is 1. The molecular weight excluding hydrogens is 487 g/mol. The molecule has 0 aromatic heterocycles. The fourth-order valence-electron chi connectivity index (χ4n) is 4.33. The Morgan fingerprint density at radius 3 is 2.03 bits per heavy atom. The van der Waals surface area contributed by atoms with Crippen molar-refractivity contribution in [3.05, 3.63) is 99.4 Å². The SMILES string of the molecule is CC(C)(C)O.Cc1c2c(c(C)c(NC(=O)c3ccccc3)c1CC(=O)O)CN(C(=O)c1cccc(F)c1)C2. The number of carbonyl (C=O) groups excluding carboxylic acids is 2. The normalized spacial score (nSPS) is 12.3. The number of hydrogen-bond donors (Lipinski definition) is 3. The molecule has 0 saturated heterocycles. The summed E-state index contributed by atoms with van der Waals surface area (Å²) in [5, 5.41) is 20.9. The van der Waals surface area contributed by atoms with Crippen molar-refractivity contribution in [2.45, 2.75) is 59.7 Å². The van der Waals surface area contributed by atoms with Crippen molar-refractivity contribution in [1.29, 1.82) is 0 Å². The number of anilines is 1. The Kier molecular flexibility index (Phi) is 8.68. The van der Waals surface area contributed by atoms with Crippen LogP contribution in [-0.4, -0.2) is 38.5 Å². The molecule has 2 amide bonds. The molecule has 3 N–H and O–H groups in total. The average Bonchev–Trinajstić information content (AvgIpc) is 3.29. The van der Waals surface area contributed by atoms with E-state index in [1.54, 1.807) is 56.0 Å². The lowest BCUT2D eigenvalue weighted by Gasteiger charge is -2.20. The van der Waals surface area contributed by atoms with E-state index in [2.05, 4.69) is 5.32 Å². The standard InChI is InChI=1S/C26H23FN2O4.C4H10O/c1-15-20(12-23(30)31)24(28-25(32)17-7-4-3-5-8-17)16(2)22-14-29(13-21(15)22)26(33)18-9-6-10-19(27)11-18;1-4(2,3)5/h3-11H,12-14H2,1-2H3,(H,28,32)(H,30,31);5H,1-3H3. The molecule has 3 aromatic rings. The van der Waals surface area contributed by atoms with E-state index in [4.69, 9.17) is 5.11 Å². The van der Waals surface area contributed by atoms with E-state index in [1.165, 1.54) is 18.2 Å². The number of amides is 2. The third-order valence-electron chi connectivity index (χ3n) is 6.06. The second kappa shape index (κ2) is 11.6. The summed E-state index contributed by atoms with van der Waals surface area (Å²) in [5.74, 6) is -2.15. The van der Waals surface area contributed by atoms with Gasteiger partial charge >= 0.3 is 5.97 Å². The molecule has 1 heterocycles. The smallest absolute Gasteiger partial charge is 0.307 e. The lowest BCUT2D eigenvalue weighted by atomic mass is 9.90. The van der Waals surface area contributed by atoms with Gasteiger partial charge in [-0.25, -0.2) is 4.39 Å². The van der Waals surface area contributed by atoms with Crippen molar-refractivity contribution in [2.24, 2.45) is 0 Å². The molecule has 4 rings (SSSR count). The van der Waals surface area contributed by atoms with Crippen molar-refractivity contribution >= 4 is 23.5 Å². The molecule has 8 heteroatoms. The summed E-state index contributed by atoms with van der Waals surface area (Å²) in [4.78, 5) is 39.1. The molecule has 1 aliphatic heterocycles. The number of carboxylic acid groups (broad SMARTS) is 1. The monoisotopic (exact) mass is 520 g/mol. The first-order valence-electron chi connectivity index (χ1n) is 12.3. The van der Waals surface area contributed by atoms with Crippen LogP contribution >= 0.6 is 0 Å². The summed E-state index contributed by atoms with van der Waals surface area (Å²) in [6, 6.07) is 14.2. The summed E-state index contributed by atoms with van der Waals surface area (Å²) in [6.07, 6.45) is -0.262. The van der Waals surface area contributed by atoms with E-state index in [-0.39, 0.29) is 30.3 Å². The number of aliphatic carboxylic acids is 1. The zero-order valence-electron chi connectivity index (χ0n) is 22.3. The Balaban J connectivity index is 0.000000732. The van der Waals surface area contributed by atoms with Crippen molar-refractivity contribution in [1.82, 2.24) is 4.90 Å². The van der Waals surface area contributed by atoms with Crippen molar-refractivity contribution in [3.63, 3.8) is 0 Å². The van der Waals surface area contributed by atoms with Crippen LogP contribution < -0.4 is 5.32 Å². The Labute approximate surface area is 221 Å². The van der Waals surface area contributed by atoms with E-state index < -0.39 is 17.4 Å². The Hall–Kier alpha value is -4.04. The third kappa shape index (κ3) is 7.04. The van der Waals surface area contributed by atoms with Crippen LogP contribution in [0.25, 0.3) is 0 Å². The van der Waals surface area contributed by atoms with Gasteiger partial charge in [0.15, 0.2) is 0 Å². The predicted octanol–water partition coefficient (Wildman–Crippen LogP) is 5.26. The van der Waals surface area contributed by atoms with Crippen LogP contribution in [0, 0.1) is 19.7 Å². The summed E-state index contributed by atoms with van der Waals surface area (Å²) >= 11 is 0. The molecule has 0 unspecified atom stereocenters. The molecular formula is C30H33FN2O5. The maximum atomic E-state index is 13.6. The molecule has 0 fully saturated rings. The highest BCUT2D eigenvalue weighted by Crippen LogP contribution is 2.38. The van der Waals surface area contributed by atoms with Crippen molar-refractivity contribution in [2.75, 3.05) is 5.32 Å². The topological polar surface area (TPSA) is 107 Å². The lowest BCUT2D eigenvalue weighted by molar-refractivity contribution is -0.136. The molecule has 38 heavy (non-hydrogen) atoms. The minimum Gasteiger partial charge on any atom is -0.481 e. The highest BCUT2D eigenvalue weighted by molar-refractivity contribution is 6.05. The lowest BCUT2D eigenvalue weighted by Crippen LogP contribution is -2.25. The fraction of sp³-hybridized carbons (Fsp3) is 0.300. The molecule has 0 radical (unpaired) electrons. The summed E-state index contributed by atoms with van der Waals surface area (Å²) in [6.45, 7) is 9.44. The minimum atomic E-state index is -1.02. The number of hydrogen-bond acceptors (Lipinski definition) is 4. The first-order chi connectivity index (χ1) is 17.8. The number of carboxylic acids is 1. The number of nitrogens with zero attached hydrogens (tertiary/aromatic N) is 1. The highest BCUT2D eigenvalue weighted by Gasteiger charge is 2.31. The maximum absolute atomic E-state index is 13.6. The van der Waals surface area contributed by atoms with Crippen molar-refractivity contribution in [3.8, 4) is 0 Å². The molecule has 7 nitrogen and oxygen atoms in total. The zero-order valence-corrected chi connectivity index (χ0v) is 22.3.